The molecule has 4 heteroatoms. The Labute approximate surface area is 87.7 Å². The number of ether oxygens (including phenoxy) is 2. The Kier molecular flexibility index (Phi) is 3.74. The van der Waals surface area contributed by atoms with Crippen LogP contribution in [-0.2, 0) is 4.79 Å². The average molecular weight is 207 g/mol. The first kappa shape index (κ1) is 11.1. The van der Waals surface area contributed by atoms with Gasteiger partial charge < -0.3 is 19.4 Å². The van der Waals surface area contributed by atoms with Gasteiger partial charge in [-0.15, -0.1) is 0 Å². The predicted octanol–water partition coefficient (Wildman–Crippen LogP) is 0.467. The second kappa shape index (κ2) is 5.05. The zero-order valence-corrected chi connectivity index (χ0v) is 8.52. The molecule has 4 nitrogen and oxygen atoms in total. The topological polar surface area (TPSA) is 58.6 Å². The minimum Gasteiger partial charge on any atom is -0.545 e. The first-order valence-corrected chi connectivity index (χ1v) is 4.29. The van der Waals surface area contributed by atoms with E-state index in [-0.39, 0.29) is 0 Å². The Morgan fingerprint density at radius 2 is 2.07 bits per heavy atom. The SMILES string of the molecule is COc1cccc(/C=C\C(=O)[O-])c1OC. The summed E-state index contributed by atoms with van der Waals surface area (Å²) in [5.41, 5.74) is 0.626. The molecule has 0 aliphatic rings. The highest BCUT2D eigenvalue weighted by Crippen LogP contribution is 2.31. The molecular formula is C11H11O4-. The Bertz CT molecular complexity index is 382. The van der Waals surface area contributed by atoms with Crippen LogP contribution in [0.3, 0.4) is 0 Å². The lowest BCUT2D eigenvalue weighted by molar-refractivity contribution is -0.297. The van der Waals surface area contributed by atoms with Crippen molar-refractivity contribution >= 4 is 12.0 Å². The van der Waals surface area contributed by atoms with Crippen LogP contribution in [0.15, 0.2) is 24.3 Å². The molecule has 0 aromatic heterocycles. The van der Waals surface area contributed by atoms with Crippen molar-refractivity contribution in [2.24, 2.45) is 0 Å². The van der Waals surface area contributed by atoms with Crippen molar-refractivity contribution in [3.05, 3.63) is 29.8 Å². The van der Waals surface area contributed by atoms with Crippen molar-refractivity contribution in [3.8, 4) is 11.5 Å². The van der Waals surface area contributed by atoms with E-state index < -0.39 is 5.97 Å². The number of hydrogen-bond acceptors (Lipinski definition) is 4. The van der Waals surface area contributed by atoms with Crippen LogP contribution in [0.4, 0.5) is 0 Å². The molecule has 0 saturated carbocycles. The summed E-state index contributed by atoms with van der Waals surface area (Å²) in [5, 5.41) is 10.3. The summed E-state index contributed by atoms with van der Waals surface area (Å²) in [7, 11) is 3.01. The summed E-state index contributed by atoms with van der Waals surface area (Å²) >= 11 is 0. The van der Waals surface area contributed by atoms with Gasteiger partial charge >= 0.3 is 0 Å². The summed E-state index contributed by atoms with van der Waals surface area (Å²) in [6.07, 6.45) is 2.34. The van der Waals surface area contributed by atoms with Gasteiger partial charge in [0.15, 0.2) is 11.5 Å². The standard InChI is InChI=1S/C11H12O4/c1-14-9-5-3-4-8(11(9)15-2)6-7-10(12)13/h3-7H,1-2H3,(H,12,13)/p-1/b7-6-. The van der Waals surface area contributed by atoms with E-state index in [2.05, 4.69) is 0 Å². The molecule has 0 radical (unpaired) electrons. The first-order valence-electron chi connectivity index (χ1n) is 4.29. The van der Waals surface area contributed by atoms with Crippen LogP contribution in [0.2, 0.25) is 0 Å². The number of aliphatic carboxylic acids is 1. The minimum absolute atomic E-state index is 0.498. The van der Waals surface area contributed by atoms with Crippen LogP contribution in [0.1, 0.15) is 5.56 Å². The monoisotopic (exact) mass is 207 g/mol. The zero-order chi connectivity index (χ0) is 11.3. The van der Waals surface area contributed by atoms with Crippen molar-refractivity contribution in [2.75, 3.05) is 14.2 Å². The van der Waals surface area contributed by atoms with E-state index in [9.17, 15) is 9.90 Å². The molecule has 0 saturated heterocycles. The maximum Gasteiger partial charge on any atom is 0.167 e. The number of rotatable bonds is 4. The molecule has 15 heavy (non-hydrogen) atoms. The lowest BCUT2D eigenvalue weighted by Gasteiger charge is -2.09. The van der Waals surface area contributed by atoms with Gasteiger partial charge in [-0.1, -0.05) is 12.1 Å². The summed E-state index contributed by atoms with van der Waals surface area (Å²) in [6, 6.07) is 5.20. The van der Waals surface area contributed by atoms with Gasteiger partial charge in [0, 0.05) is 5.56 Å². The number of carbonyl (C=O) groups excluding carboxylic acids is 1. The molecule has 1 aromatic carbocycles. The van der Waals surface area contributed by atoms with Gasteiger partial charge in [0.05, 0.1) is 20.2 Å². The van der Waals surface area contributed by atoms with Crippen LogP contribution >= 0.6 is 0 Å². The van der Waals surface area contributed by atoms with Gasteiger partial charge in [0.1, 0.15) is 0 Å². The quantitative estimate of drug-likeness (QED) is 0.673. The largest absolute Gasteiger partial charge is 0.545 e. The van der Waals surface area contributed by atoms with Crippen molar-refractivity contribution in [3.63, 3.8) is 0 Å². The van der Waals surface area contributed by atoms with E-state index in [1.165, 1.54) is 20.3 Å². The highest BCUT2D eigenvalue weighted by Gasteiger charge is 2.05. The third-order valence-corrected chi connectivity index (χ3v) is 1.83. The maximum absolute atomic E-state index is 10.3. The van der Waals surface area contributed by atoms with E-state index in [4.69, 9.17) is 9.47 Å². The van der Waals surface area contributed by atoms with Crippen molar-refractivity contribution in [1.29, 1.82) is 0 Å². The van der Waals surface area contributed by atoms with Gasteiger partial charge in [0.2, 0.25) is 0 Å². The number of carboxylic acids is 1. The molecule has 0 N–H and O–H groups in total. The molecule has 1 aromatic rings. The highest BCUT2D eigenvalue weighted by molar-refractivity contribution is 5.84. The number of para-hydroxylation sites is 1. The summed E-state index contributed by atoms with van der Waals surface area (Å²) in [5.74, 6) is -0.199. The van der Waals surface area contributed by atoms with E-state index in [0.29, 0.717) is 17.1 Å². The summed E-state index contributed by atoms with van der Waals surface area (Å²) < 4.78 is 10.2. The van der Waals surface area contributed by atoms with Gasteiger partial charge in [-0.25, -0.2) is 0 Å². The molecule has 0 fully saturated rings. The lowest BCUT2D eigenvalue weighted by Crippen LogP contribution is -2.18. The molecule has 0 atom stereocenters. The van der Waals surface area contributed by atoms with E-state index in [0.717, 1.165) is 6.08 Å². The van der Waals surface area contributed by atoms with E-state index >= 15 is 0 Å². The highest BCUT2D eigenvalue weighted by atomic mass is 16.5. The van der Waals surface area contributed by atoms with Crippen molar-refractivity contribution in [1.82, 2.24) is 0 Å². The Morgan fingerprint density at radius 3 is 2.60 bits per heavy atom. The average Bonchev–Trinajstić information content (AvgIpc) is 2.25. The second-order valence-corrected chi connectivity index (χ2v) is 2.74. The maximum atomic E-state index is 10.3. The van der Waals surface area contributed by atoms with Crippen LogP contribution in [-0.4, -0.2) is 20.2 Å². The number of benzene rings is 1. The normalized spacial score (nSPS) is 10.3. The number of methoxy groups -OCH3 is 2. The molecule has 80 valence electrons. The fourth-order valence-corrected chi connectivity index (χ4v) is 1.20. The molecule has 0 amide bonds. The molecular weight excluding hydrogens is 196 g/mol. The Balaban J connectivity index is 3.11. The molecule has 0 heterocycles. The molecule has 1 rings (SSSR count). The van der Waals surface area contributed by atoms with Gasteiger partial charge in [-0.2, -0.15) is 0 Å². The predicted molar refractivity (Wildman–Crippen MR) is 53.6 cm³/mol. The third kappa shape index (κ3) is 2.74. The van der Waals surface area contributed by atoms with Gasteiger partial charge in [-0.3, -0.25) is 0 Å². The van der Waals surface area contributed by atoms with Crippen LogP contribution in [0, 0.1) is 0 Å². The fraction of sp³-hybridized carbons (Fsp3) is 0.182. The van der Waals surface area contributed by atoms with Crippen LogP contribution in [0.5, 0.6) is 11.5 Å². The lowest BCUT2D eigenvalue weighted by atomic mass is 10.1. The van der Waals surface area contributed by atoms with Gasteiger partial charge in [-0.05, 0) is 18.2 Å². The molecule has 0 unspecified atom stereocenters. The Hall–Kier alpha value is -1.97. The van der Waals surface area contributed by atoms with E-state index in [1.807, 2.05) is 0 Å². The number of carbonyl (C=O) groups is 1. The van der Waals surface area contributed by atoms with Crippen LogP contribution in [0.25, 0.3) is 6.08 Å². The van der Waals surface area contributed by atoms with Gasteiger partial charge in [0.25, 0.3) is 0 Å². The zero-order valence-electron chi connectivity index (χ0n) is 8.52. The van der Waals surface area contributed by atoms with Crippen LogP contribution < -0.4 is 14.6 Å². The molecule has 0 aliphatic heterocycles. The second-order valence-electron chi connectivity index (χ2n) is 2.74. The summed E-state index contributed by atoms with van der Waals surface area (Å²) in [6.45, 7) is 0. The van der Waals surface area contributed by atoms with E-state index in [1.54, 1.807) is 18.2 Å². The Morgan fingerprint density at radius 1 is 1.33 bits per heavy atom. The molecule has 0 spiro atoms. The number of hydrogen-bond donors (Lipinski definition) is 0. The number of carboxylic acid groups (broad SMARTS) is 1. The summed E-state index contributed by atoms with van der Waals surface area (Å²) in [4.78, 5) is 10.3. The van der Waals surface area contributed by atoms with Crippen molar-refractivity contribution < 1.29 is 19.4 Å². The molecule has 0 aliphatic carbocycles. The molecule has 0 bridgehead atoms. The third-order valence-electron chi connectivity index (χ3n) is 1.83. The van der Waals surface area contributed by atoms with Crippen molar-refractivity contribution in [2.45, 2.75) is 0 Å². The smallest absolute Gasteiger partial charge is 0.167 e. The first-order chi connectivity index (χ1) is 7.19. The fourth-order valence-electron chi connectivity index (χ4n) is 1.20. The minimum atomic E-state index is -1.25.